The second-order valence-electron chi connectivity index (χ2n) is 3.97. The van der Waals surface area contributed by atoms with E-state index in [2.05, 4.69) is 45.7 Å². The van der Waals surface area contributed by atoms with Crippen LogP contribution in [0.15, 0.2) is 0 Å². The molecule has 2 atom stereocenters. The Kier molecular flexibility index (Phi) is 1.83. The third kappa shape index (κ3) is 0.993. The fourth-order valence-electron chi connectivity index (χ4n) is 0.834. The average molecular weight is 216 g/mol. The van der Waals surface area contributed by atoms with Crippen LogP contribution in [0.5, 0.6) is 0 Å². The van der Waals surface area contributed by atoms with E-state index in [0.29, 0.717) is 0 Å². The molecule has 10 heavy (non-hydrogen) atoms. The van der Waals surface area contributed by atoms with Crippen molar-refractivity contribution in [1.29, 1.82) is 0 Å². The Labute approximate surface area is 70.3 Å². The third-order valence-corrected chi connectivity index (χ3v) is 41.6. The molecule has 0 aromatic carbocycles. The van der Waals surface area contributed by atoms with Crippen LogP contribution in [0, 0.1) is 0 Å². The summed E-state index contributed by atoms with van der Waals surface area (Å²) in [7, 11) is 5.36. The van der Waals surface area contributed by atoms with Crippen LogP contribution >= 0.6 is 32.3 Å². The fraction of sp³-hybridized carbons (Fsp3) is 1.00. The van der Waals surface area contributed by atoms with E-state index in [1.54, 1.807) is 0 Å². The van der Waals surface area contributed by atoms with Crippen LogP contribution in [0.3, 0.4) is 0 Å². The zero-order valence-electron chi connectivity index (χ0n) is 7.26. The van der Waals surface area contributed by atoms with Crippen LogP contribution in [-0.2, 0) is 0 Å². The van der Waals surface area contributed by atoms with Gasteiger partial charge in [0, 0.05) is 6.01 Å². The molecule has 0 radical (unpaired) electrons. The zero-order chi connectivity index (χ0) is 8.11. The zero-order valence-corrected chi connectivity index (χ0v) is 10.9. The third-order valence-electron chi connectivity index (χ3n) is 3.09. The van der Waals surface area contributed by atoms with Crippen LogP contribution in [0.2, 0.25) is 0 Å². The van der Waals surface area contributed by atoms with Gasteiger partial charge in [0.15, 0.2) is 0 Å². The second kappa shape index (κ2) is 1.90. The van der Waals surface area contributed by atoms with Gasteiger partial charge in [0.2, 0.25) is 0 Å². The van der Waals surface area contributed by atoms with Crippen molar-refractivity contribution in [2.45, 2.75) is 13.8 Å². The normalized spacial score (nSPS) is 45.9. The van der Waals surface area contributed by atoms with Gasteiger partial charge < -0.3 is 0 Å². The van der Waals surface area contributed by atoms with Gasteiger partial charge in [-0.2, -0.15) is 0 Å². The Morgan fingerprint density at radius 3 is 1.60 bits per heavy atom. The summed E-state index contributed by atoms with van der Waals surface area (Å²) in [5, 5.41) is 0. The van der Waals surface area contributed by atoms with E-state index in [-0.39, 0.29) is 6.01 Å². The molecule has 0 aliphatic carbocycles. The van der Waals surface area contributed by atoms with Crippen LogP contribution in [0.4, 0.5) is 0 Å². The fourth-order valence-corrected chi connectivity index (χ4v) is 35.3. The van der Waals surface area contributed by atoms with Gasteiger partial charge in [0.1, 0.15) is 0 Å². The number of rotatable bonds is 2. The summed E-state index contributed by atoms with van der Waals surface area (Å²) < 4.78 is 0. The van der Waals surface area contributed by atoms with Crippen molar-refractivity contribution in [1.82, 2.24) is 0 Å². The minimum Gasteiger partial charge on any atom is -0.212 e. The molecule has 1 heterocycles. The Hall–Kier alpha value is 1.56. The molecule has 1 aliphatic rings. The van der Waals surface area contributed by atoms with Crippen molar-refractivity contribution in [2.75, 3.05) is 24.0 Å². The molecule has 1 rings (SSSR count). The Balaban J connectivity index is 3.01. The summed E-state index contributed by atoms with van der Waals surface area (Å²) in [4.78, 5) is 0. The van der Waals surface area contributed by atoms with Gasteiger partial charge in [-0.05, 0) is 24.0 Å². The average Bonchev–Trinajstić information content (AvgIpc) is 2.36. The minimum absolute atomic E-state index is 0.269. The van der Waals surface area contributed by atoms with E-state index in [0.717, 1.165) is 0 Å². The lowest BCUT2D eigenvalue weighted by atomic mass is 11.0. The molecule has 1 saturated heterocycles. The number of hydrogen-bond acceptors (Lipinski definition) is 1. The predicted octanol–water partition coefficient (Wildman–Crippen LogP) is 3.93. The first kappa shape index (κ1) is 9.65. The molecule has 4 heteroatoms. The van der Waals surface area contributed by atoms with Gasteiger partial charge in [0.05, 0.1) is 0 Å². The van der Waals surface area contributed by atoms with E-state index in [1.165, 1.54) is 11.5 Å². The summed E-state index contributed by atoms with van der Waals surface area (Å²) in [6.07, 6.45) is 5.12. The summed E-state index contributed by atoms with van der Waals surface area (Å²) in [6.45, 7) is 3.28. The molecule has 0 bridgehead atoms. The van der Waals surface area contributed by atoms with Gasteiger partial charge >= 0.3 is 0 Å². The van der Waals surface area contributed by atoms with Crippen molar-refractivity contribution in [3.8, 4) is 0 Å². The van der Waals surface area contributed by atoms with Crippen LogP contribution < -0.4 is 0 Å². The Morgan fingerprint density at radius 1 is 1.30 bits per heavy atom. The van der Waals surface area contributed by atoms with Gasteiger partial charge in [-0.15, -0.1) is 0 Å². The molecule has 0 nitrogen and oxygen atoms in total. The van der Waals surface area contributed by atoms with Crippen molar-refractivity contribution in [2.24, 2.45) is 0 Å². The highest BCUT2D eigenvalue weighted by molar-refractivity contribution is 9.73. The predicted molar refractivity (Wildman–Crippen MR) is 64.7 cm³/mol. The van der Waals surface area contributed by atoms with Gasteiger partial charge in [-0.25, -0.2) is 6.95 Å². The lowest BCUT2D eigenvalue weighted by Gasteiger charge is -2.55. The molecular formula is C6H18P2S2. The summed E-state index contributed by atoms with van der Waals surface area (Å²) in [5.41, 5.74) is 0. The minimum atomic E-state index is -1.45. The summed E-state index contributed by atoms with van der Waals surface area (Å²) in [5.74, 6) is 2.83. The van der Waals surface area contributed by atoms with Gasteiger partial charge in [-0.3, -0.25) is 0 Å². The van der Waals surface area contributed by atoms with Crippen LogP contribution in [0.25, 0.3) is 0 Å². The molecule has 0 saturated carbocycles. The first-order chi connectivity index (χ1) is 4.32. The molecule has 1 fully saturated rings. The lowest BCUT2D eigenvalue weighted by molar-refractivity contribution is 1.40. The van der Waals surface area contributed by atoms with E-state index in [1.807, 2.05) is 0 Å². The monoisotopic (exact) mass is 216 g/mol. The molecule has 2 unspecified atom stereocenters. The SMILES string of the molecule is CCS1(C)(C)(CC)SP1P. The smallest absolute Gasteiger partial charge is 0.0175 e. The van der Waals surface area contributed by atoms with Crippen molar-refractivity contribution in [3.05, 3.63) is 0 Å². The van der Waals surface area contributed by atoms with Gasteiger partial charge in [0.25, 0.3) is 0 Å². The first-order valence-electron chi connectivity index (χ1n) is 3.60. The topological polar surface area (TPSA) is 0 Å². The standard InChI is InChI=1S/C6H18P2S2/c1-5-10(3,4,6-2)8(7)9-10/h5-7H2,1-4H3. The molecule has 1 aliphatic heterocycles. The van der Waals surface area contributed by atoms with E-state index in [9.17, 15) is 0 Å². The van der Waals surface area contributed by atoms with E-state index < -0.39 is 6.95 Å². The lowest BCUT2D eigenvalue weighted by Crippen LogP contribution is -2.18. The second-order valence-corrected chi connectivity index (χ2v) is 29.5. The van der Waals surface area contributed by atoms with Crippen molar-refractivity contribution >= 4 is 32.3 Å². The van der Waals surface area contributed by atoms with Gasteiger partial charge in [-0.1, -0.05) is 33.2 Å². The highest BCUT2D eigenvalue weighted by Crippen LogP contribution is 3.33. The molecule has 0 aromatic heterocycles. The van der Waals surface area contributed by atoms with Crippen molar-refractivity contribution in [3.63, 3.8) is 0 Å². The van der Waals surface area contributed by atoms with Crippen molar-refractivity contribution < 1.29 is 0 Å². The maximum Gasteiger partial charge on any atom is 0.0175 e. The van der Waals surface area contributed by atoms with E-state index >= 15 is 0 Å². The maximum atomic E-state index is 3.07. The van der Waals surface area contributed by atoms with E-state index in [4.69, 9.17) is 0 Å². The number of hydrogen-bond donors (Lipinski definition) is 0. The highest BCUT2D eigenvalue weighted by atomic mass is 33.9. The molecule has 0 N–H and O–H groups in total. The quantitative estimate of drug-likeness (QED) is 0.383. The maximum absolute atomic E-state index is 3.07. The largest absolute Gasteiger partial charge is 0.212 e. The first-order valence-corrected chi connectivity index (χ1v) is 12.7. The van der Waals surface area contributed by atoms with Crippen LogP contribution in [0.1, 0.15) is 13.8 Å². The Morgan fingerprint density at radius 2 is 1.60 bits per heavy atom. The molecule has 0 spiro atoms. The molecule has 64 valence electrons. The summed E-state index contributed by atoms with van der Waals surface area (Å²) >= 11 is 0. The molecule has 0 amide bonds. The summed E-state index contributed by atoms with van der Waals surface area (Å²) in [6, 6.07) is 0.269. The molecular weight excluding hydrogens is 198 g/mol. The molecule has 0 aromatic rings. The van der Waals surface area contributed by atoms with Crippen LogP contribution in [-0.4, -0.2) is 24.0 Å². The Bertz CT molecular complexity index is 169. The highest BCUT2D eigenvalue weighted by Gasteiger charge is 2.69.